The van der Waals surface area contributed by atoms with Crippen molar-refractivity contribution in [3.05, 3.63) is 70.2 Å². The van der Waals surface area contributed by atoms with Crippen molar-refractivity contribution in [2.75, 3.05) is 6.54 Å². The third kappa shape index (κ3) is 4.57. The molecule has 0 unspecified atom stereocenters. The number of rotatable bonds is 6. The van der Waals surface area contributed by atoms with E-state index in [0.29, 0.717) is 10.9 Å². The van der Waals surface area contributed by atoms with E-state index in [0.717, 1.165) is 29.8 Å². The lowest BCUT2D eigenvalue weighted by Crippen LogP contribution is -2.20. The molecule has 2 rings (SSSR count). The Kier molecular flexibility index (Phi) is 5.80. The molecule has 2 aromatic rings. The van der Waals surface area contributed by atoms with Crippen molar-refractivity contribution in [3.63, 3.8) is 0 Å². The first kappa shape index (κ1) is 16.0. The first-order chi connectivity index (χ1) is 10.1. The first-order valence-electron chi connectivity index (χ1n) is 7.30. The van der Waals surface area contributed by atoms with Gasteiger partial charge in [0.05, 0.1) is 0 Å². The molecule has 0 amide bonds. The Morgan fingerprint density at radius 1 is 1.05 bits per heavy atom. The van der Waals surface area contributed by atoms with Gasteiger partial charge in [0, 0.05) is 11.6 Å². The molecule has 0 aliphatic heterocycles. The van der Waals surface area contributed by atoms with Crippen LogP contribution in [0.5, 0.6) is 0 Å². The minimum Gasteiger partial charge on any atom is -0.384 e. The van der Waals surface area contributed by atoms with Crippen molar-refractivity contribution in [1.82, 2.24) is 5.32 Å². The Morgan fingerprint density at radius 3 is 2.38 bits per heavy atom. The summed E-state index contributed by atoms with van der Waals surface area (Å²) < 4.78 is 0. The van der Waals surface area contributed by atoms with E-state index < -0.39 is 6.10 Å². The second-order valence-electron chi connectivity index (χ2n) is 5.68. The maximum atomic E-state index is 10.6. The van der Waals surface area contributed by atoms with Crippen LogP contribution in [0.1, 0.15) is 36.6 Å². The SMILES string of the molecule is CC(C)CNCc1ccccc1[C@H](O)c1ccc(Cl)cc1. The third-order valence-electron chi connectivity index (χ3n) is 3.40. The largest absolute Gasteiger partial charge is 0.384 e. The molecule has 21 heavy (non-hydrogen) atoms. The zero-order valence-corrected chi connectivity index (χ0v) is 13.3. The molecule has 0 saturated heterocycles. The van der Waals surface area contributed by atoms with Crippen LogP contribution in [0.4, 0.5) is 0 Å². The second kappa shape index (κ2) is 7.60. The fourth-order valence-corrected chi connectivity index (χ4v) is 2.41. The molecule has 0 aliphatic carbocycles. The number of hydrogen-bond donors (Lipinski definition) is 2. The maximum Gasteiger partial charge on any atom is 0.104 e. The van der Waals surface area contributed by atoms with E-state index in [9.17, 15) is 5.11 Å². The summed E-state index contributed by atoms with van der Waals surface area (Å²) in [6.45, 7) is 6.09. The number of nitrogens with one attached hydrogen (secondary N) is 1. The second-order valence-corrected chi connectivity index (χ2v) is 6.11. The van der Waals surface area contributed by atoms with Gasteiger partial charge in [-0.05, 0) is 41.3 Å². The lowest BCUT2D eigenvalue weighted by molar-refractivity contribution is 0.219. The highest BCUT2D eigenvalue weighted by molar-refractivity contribution is 6.30. The zero-order valence-electron chi connectivity index (χ0n) is 12.5. The molecule has 0 heterocycles. The Hall–Kier alpha value is -1.35. The average molecular weight is 304 g/mol. The van der Waals surface area contributed by atoms with Gasteiger partial charge in [-0.2, -0.15) is 0 Å². The molecule has 0 radical (unpaired) electrons. The summed E-state index contributed by atoms with van der Waals surface area (Å²) in [6, 6.07) is 15.3. The molecule has 0 saturated carbocycles. The smallest absolute Gasteiger partial charge is 0.104 e. The molecule has 112 valence electrons. The van der Waals surface area contributed by atoms with E-state index in [2.05, 4.69) is 25.2 Å². The third-order valence-corrected chi connectivity index (χ3v) is 3.66. The van der Waals surface area contributed by atoms with Crippen LogP contribution >= 0.6 is 11.6 Å². The van der Waals surface area contributed by atoms with Gasteiger partial charge in [0.25, 0.3) is 0 Å². The van der Waals surface area contributed by atoms with Crippen molar-refractivity contribution in [2.45, 2.75) is 26.5 Å². The van der Waals surface area contributed by atoms with Gasteiger partial charge in [-0.25, -0.2) is 0 Å². The summed E-state index contributed by atoms with van der Waals surface area (Å²) in [5, 5.41) is 14.7. The summed E-state index contributed by atoms with van der Waals surface area (Å²) in [7, 11) is 0. The van der Waals surface area contributed by atoms with Crippen molar-refractivity contribution in [2.24, 2.45) is 5.92 Å². The lowest BCUT2D eigenvalue weighted by Gasteiger charge is -2.17. The van der Waals surface area contributed by atoms with Crippen LogP contribution in [0, 0.1) is 5.92 Å². The molecule has 3 heteroatoms. The van der Waals surface area contributed by atoms with Crippen molar-refractivity contribution < 1.29 is 5.11 Å². The van der Waals surface area contributed by atoms with Crippen LogP contribution < -0.4 is 5.32 Å². The van der Waals surface area contributed by atoms with Crippen LogP contribution in [0.2, 0.25) is 5.02 Å². The number of halogens is 1. The van der Waals surface area contributed by atoms with Gasteiger partial charge in [0.2, 0.25) is 0 Å². The van der Waals surface area contributed by atoms with E-state index in [1.165, 1.54) is 0 Å². The van der Waals surface area contributed by atoms with Gasteiger partial charge in [0.1, 0.15) is 6.10 Å². The quantitative estimate of drug-likeness (QED) is 0.839. The Labute approximate surface area is 131 Å². The fraction of sp³-hybridized carbons (Fsp3) is 0.333. The van der Waals surface area contributed by atoms with E-state index >= 15 is 0 Å². The summed E-state index contributed by atoms with van der Waals surface area (Å²) >= 11 is 5.90. The normalized spacial score (nSPS) is 12.6. The van der Waals surface area contributed by atoms with Crippen LogP contribution in [-0.2, 0) is 6.54 Å². The molecule has 2 aromatic carbocycles. The Morgan fingerprint density at radius 2 is 1.71 bits per heavy atom. The Bertz CT molecular complexity index is 566. The van der Waals surface area contributed by atoms with Crippen molar-refractivity contribution >= 4 is 11.6 Å². The number of hydrogen-bond acceptors (Lipinski definition) is 2. The fourth-order valence-electron chi connectivity index (χ4n) is 2.28. The first-order valence-corrected chi connectivity index (χ1v) is 7.67. The standard InChI is InChI=1S/C18H22ClNO/c1-13(2)11-20-12-15-5-3-4-6-17(15)18(21)14-7-9-16(19)10-8-14/h3-10,13,18,20-21H,11-12H2,1-2H3/t18-/m1/s1. The molecular weight excluding hydrogens is 282 g/mol. The van der Waals surface area contributed by atoms with Crippen molar-refractivity contribution in [1.29, 1.82) is 0 Å². The predicted octanol–water partition coefficient (Wildman–Crippen LogP) is 4.17. The molecule has 0 spiro atoms. The summed E-state index contributed by atoms with van der Waals surface area (Å²) in [5.74, 6) is 0.610. The Balaban J connectivity index is 2.16. The van der Waals surface area contributed by atoms with Gasteiger partial charge in [-0.1, -0.05) is 61.8 Å². The van der Waals surface area contributed by atoms with Gasteiger partial charge in [-0.3, -0.25) is 0 Å². The van der Waals surface area contributed by atoms with E-state index in [1.807, 2.05) is 30.3 Å². The monoisotopic (exact) mass is 303 g/mol. The van der Waals surface area contributed by atoms with Crippen molar-refractivity contribution in [3.8, 4) is 0 Å². The molecular formula is C18H22ClNO. The van der Waals surface area contributed by atoms with Gasteiger partial charge < -0.3 is 10.4 Å². The molecule has 0 bridgehead atoms. The summed E-state index contributed by atoms with van der Waals surface area (Å²) in [6.07, 6.45) is -0.626. The minimum absolute atomic E-state index is 0.610. The molecule has 1 atom stereocenters. The highest BCUT2D eigenvalue weighted by Crippen LogP contribution is 2.26. The van der Waals surface area contributed by atoms with E-state index in [4.69, 9.17) is 11.6 Å². The van der Waals surface area contributed by atoms with Crippen LogP contribution in [-0.4, -0.2) is 11.7 Å². The van der Waals surface area contributed by atoms with Gasteiger partial charge >= 0.3 is 0 Å². The molecule has 2 N–H and O–H groups in total. The summed E-state index contributed by atoms with van der Waals surface area (Å²) in [5.41, 5.74) is 2.92. The number of aliphatic hydroxyl groups excluding tert-OH is 1. The van der Waals surface area contributed by atoms with Crippen LogP contribution in [0.15, 0.2) is 48.5 Å². The minimum atomic E-state index is -0.626. The highest BCUT2D eigenvalue weighted by atomic mass is 35.5. The maximum absolute atomic E-state index is 10.6. The van der Waals surface area contributed by atoms with Gasteiger partial charge in [0.15, 0.2) is 0 Å². The summed E-state index contributed by atoms with van der Waals surface area (Å²) in [4.78, 5) is 0. The predicted molar refractivity (Wildman–Crippen MR) is 88.5 cm³/mol. The highest BCUT2D eigenvalue weighted by Gasteiger charge is 2.14. The van der Waals surface area contributed by atoms with E-state index in [-0.39, 0.29) is 0 Å². The molecule has 2 nitrogen and oxygen atoms in total. The molecule has 0 aliphatic rings. The molecule has 0 aromatic heterocycles. The number of aliphatic hydroxyl groups is 1. The molecule has 0 fully saturated rings. The van der Waals surface area contributed by atoms with Gasteiger partial charge in [-0.15, -0.1) is 0 Å². The van der Waals surface area contributed by atoms with Crippen LogP contribution in [0.3, 0.4) is 0 Å². The zero-order chi connectivity index (χ0) is 15.2. The average Bonchev–Trinajstić information content (AvgIpc) is 2.47. The van der Waals surface area contributed by atoms with Crippen LogP contribution in [0.25, 0.3) is 0 Å². The lowest BCUT2D eigenvalue weighted by atomic mass is 9.96. The topological polar surface area (TPSA) is 32.3 Å². The number of benzene rings is 2. The van der Waals surface area contributed by atoms with E-state index in [1.54, 1.807) is 12.1 Å².